The van der Waals surface area contributed by atoms with Crippen LogP contribution in [0.1, 0.15) is 27.2 Å². The van der Waals surface area contributed by atoms with E-state index in [1.165, 1.54) is 17.4 Å². The van der Waals surface area contributed by atoms with Gasteiger partial charge in [-0.1, -0.05) is 12.6 Å². The normalized spacial score (nSPS) is 12.8. The van der Waals surface area contributed by atoms with Crippen molar-refractivity contribution in [2.45, 2.75) is 19.3 Å². The summed E-state index contributed by atoms with van der Waals surface area (Å²) < 4.78 is 0. The molecule has 1 aromatic carbocycles. The van der Waals surface area contributed by atoms with Crippen LogP contribution >= 0.6 is 11.3 Å². The first-order valence-corrected chi connectivity index (χ1v) is 9.15. The van der Waals surface area contributed by atoms with Gasteiger partial charge in [-0.05, 0) is 54.1 Å². The SMILES string of the molecule is C=CC(=O)N1CCCc2cc(C(=O)NNC(=O)Cc3cccs3)ccc21. The number of carbonyl (C=O) groups is 3. The molecule has 1 aliphatic rings. The van der Waals surface area contributed by atoms with E-state index in [0.29, 0.717) is 12.1 Å². The van der Waals surface area contributed by atoms with E-state index in [0.717, 1.165) is 29.0 Å². The molecule has 3 rings (SSSR count). The third kappa shape index (κ3) is 4.00. The van der Waals surface area contributed by atoms with Crippen molar-refractivity contribution in [2.24, 2.45) is 0 Å². The largest absolute Gasteiger partial charge is 0.309 e. The smallest absolute Gasteiger partial charge is 0.269 e. The Balaban J connectivity index is 1.64. The van der Waals surface area contributed by atoms with Gasteiger partial charge in [0.2, 0.25) is 11.8 Å². The number of aryl methyl sites for hydroxylation is 1. The Morgan fingerprint density at radius 2 is 2.08 bits per heavy atom. The van der Waals surface area contributed by atoms with Crippen LogP contribution in [0, 0.1) is 0 Å². The third-order valence-corrected chi connectivity index (χ3v) is 5.01. The summed E-state index contributed by atoms with van der Waals surface area (Å²) in [4.78, 5) is 38.7. The number of nitrogens with zero attached hydrogens (tertiary/aromatic N) is 1. The van der Waals surface area contributed by atoms with E-state index in [9.17, 15) is 14.4 Å². The maximum Gasteiger partial charge on any atom is 0.269 e. The number of hydrazine groups is 1. The van der Waals surface area contributed by atoms with E-state index in [-0.39, 0.29) is 24.1 Å². The van der Waals surface area contributed by atoms with Crippen LogP contribution in [0.25, 0.3) is 0 Å². The van der Waals surface area contributed by atoms with Gasteiger partial charge in [-0.2, -0.15) is 0 Å². The maximum atomic E-state index is 12.3. The second-order valence-electron chi connectivity index (χ2n) is 5.90. The van der Waals surface area contributed by atoms with Crippen LogP contribution in [0.4, 0.5) is 5.69 Å². The lowest BCUT2D eigenvalue weighted by atomic mass is 9.99. The minimum absolute atomic E-state index is 0.149. The van der Waals surface area contributed by atoms with Gasteiger partial charge in [-0.3, -0.25) is 25.2 Å². The first kappa shape index (κ1) is 17.9. The zero-order chi connectivity index (χ0) is 18.5. The highest BCUT2D eigenvalue weighted by Crippen LogP contribution is 2.28. The van der Waals surface area contributed by atoms with Crippen molar-refractivity contribution in [3.05, 3.63) is 64.4 Å². The molecule has 0 spiro atoms. The van der Waals surface area contributed by atoms with Crippen LogP contribution < -0.4 is 15.8 Å². The van der Waals surface area contributed by atoms with Crippen LogP contribution in [0.2, 0.25) is 0 Å². The van der Waals surface area contributed by atoms with E-state index in [1.54, 1.807) is 23.1 Å². The molecule has 0 bridgehead atoms. The standard InChI is InChI=1S/C19H19N3O3S/c1-2-18(24)22-9-3-5-13-11-14(7-8-16(13)22)19(25)21-20-17(23)12-15-6-4-10-26-15/h2,4,6-8,10-11H,1,3,5,9,12H2,(H,20,23)(H,21,25). The van der Waals surface area contributed by atoms with Crippen molar-refractivity contribution in [2.75, 3.05) is 11.4 Å². The van der Waals surface area contributed by atoms with Crippen molar-refractivity contribution in [3.8, 4) is 0 Å². The van der Waals surface area contributed by atoms with Crippen LogP contribution in [-0.4, -0.2) is 24.3 Å². The highest BCUT2D eigenvalue weighted by molar-refractivity contribution is 7.10. The van der Waals surface area contributed by atoms with Crippen LogP contribution in [-0.2, 0) is 22.4 Å². The molecule has 0 aliphatic carbocycles. The van der Waals surface area contributed by atoms with Gasteiger partial charge in [0.25, 0.3) is 5.91 Å². The summed E-state index contributed by atoms with van der Waals surface area (Å²) >= 11 is 1.49. The molecular weight excluding hydrogens is 350 g/mol. The number of carbonyl (C=O) groups excluding carboxylic acids is 3. The fraction of sp³-hybridized carbons (Fsp3) is 0.211. The molecule has 26 heavy (non-hydrogen) atoms. The van der Waals surface area contributed by atoms with Gasteiger partial charge in [-0.15, -0.1) is 11.3 Å². The molecule has 2 aromatic rings. The summed E-state index contributed by atoms with van der Waals surface area (Å²) in [5.74, 6) is -0.815. The first-order chi connectivity index (χ1) is 12.6. The Morgan fingerprint density at radius 3 is 2.81 bits per heavy atom. The molecule has 1 aliphatic heterocycles. The lowest BCUT2D eigenvalue weighted by Crippen LogP contribution is -2.42. The van der Waals surface area contributed by atoms with Crippen molar-refractivity contribution in [1.82, 2.24) is 10.9 Å². The molecule has 3 amide bonds. The predicted octanol–water partition coefficient (Wildman–Crippen LogP) is 2.22. The van der Waals surface area contributed by atoms with E-state index in [1.807, 2.05) is 17.5 Å². The van der Waals surface area contributed by atoms with E-state index < -0.39 is 0 Å². The van der Waals surface area contributed by atoms with Gasteiger partial charge >= 0.3 is 0 Å². The number of benzene rings is 1. The van der Waals surface area contributed by atoms with Crippen molar-refractivity contribution >= 4 is 34.7 Å². The number of fused-ring (bicyclic) bond motifs is 1. The van der Waals surface area contributed by atoms with Gasteiger partial charge in [0.05, 0.1) is 6.42 Å². The number of hydrogen-bond acceptors (Lipinski definition) is 4. The molecule has 0 radical (unpaired) electrons. The van der Waals surface area contributed by atoms with Crippen molar-refractivity contribution in [1.29, 1.82) is 0 Å². The number of nitrogens with one attached hydrogen (secondary N) is 2. The highest BCUT2D eigenvalue weighted by Gasteiger charge is 2.22. The Hall–Kier alpha value is -2.93. The van der Waals surface area contributed by atoms with Gasteiger partial charge < -0.3 is 4.90 Å². The lowest BCUT2D eigenvalue weighted by molar-refractivity contribution is -0.121. The van der Waals surface area contributed by atoms with Crippen LogP contribution in [0.3, 0.4) is 0 Å². The van der Waals surface area contributed by atoms with Gasteiger partial charge in [-0.25, -0.2) is 0 Å². The third-order valence-electron chi connectivity index (χ3n) is 4.13. The van der Waals surface area contributed by atoms with Crippen LogP contribution in [0.5, 0.6) is 0 Å². The number of thiophene rings is 1. The Bertz CT molecular complexity index is 846. The van der Waals surface area contributed by atoms with Crippen LogP contribution in [0.15, 0.2) is 48.4 Å². The summed E-state index contributed by atoms with van der Waals surface area (Å²) in [6.07, 6.45) is 3.14. The van der Waals surface area contributed by atoms with Gasteiger partial charge in [0, 0.05) is 22.7 Å². The Morgan fingerprint density at radius 1 is 1.23 bits per heavy atom. The minimum Gasteiger partial charge on any atom is -0.309 e. The molecule has 0 saturated heterocycles. The predicted molar refractivity (Wildman–Crippen MR) is 101 cm³/mol. The molecule has 0 fully saturated rings. The molecule has 2 N–H and O–H groups in total. The Kier molecular flexibility index (Phi) is 5.48. The van der Waals surface area contributed by atoms with Gasteiger partial charge in [0.1, 0.15) is 0 Å². The van der Waals surface area contributed by atoms with E-state index >= 15 is 0 Å². The summed E-state index contributed by atoms with van der Waals surface area (Å²) in [7, 11) is 0. The molecule has 2 heterocycles. The zero-order valence-electron chi connectivity index (χ0n) is 14.2. The lowest BCUT2D eigenvalue weighted by Gasteiger charge is -2.28. The second kappa shape index (κ2) is 7.97. The van der Waals surface area contributed by atoms with Crippen molar-refractivity contribution < 1.29 is 14.4 Å². The zero-order valence-corrected chi connectivity index (χ0v) is 15.0. The fourth-order valence-corrected chi connectivity index (χ4v) is 3.60. The monoisotopic (exact) mass is 369 g/mol. The van der Waals surface area contributed by atoms with Crippen molar-refractivity contribution in [3.63, 3.8) is 0 Å². The maximum absolute atomic E-state index is 12.3. The fourth-order valence-electron chi connectivity index (χ4n) is 2.89. The number of anilines is 1. The molecule has 7 heteroatoms. The summed E-state index contributed by atoms with van der Waals surface area (Å²) in [5.41, 5.74) is 7.04. The average molecular weight is 369 g/mol. The van der Waals surface area contributed by atoms with E-state index in [4.69, 9.17) is 0 Å². The average Bonchev–Trinajstić information content (AvgIpc) is 3.17. The number of hydrogen-bond donors (Lipinski definition) is 2. The Labute approximate surface area is 155 Å². The quantitative estimate of drug-likeness (QED) is 0.641. The number of amides is 3. The van der Waals surface area contributed by atoms with Gasteiger partial charge in [0.15, 0.2) is 0 Å². The summed E-state index contributed by atoms with van der Waals surface area (Å²) in [6.45, 7) is 4.17. The molecule has 1 aromatic heterocycles. The second-order valence-corrected chi connectivity index (χ2v) is 6.93. The summed E-state index contributed by atoms with van der Waals surface area (Å²) in [5, 5.41) is 1.90. The van der Waals surface area contributed by atoms with E-state index in [2.05, 4.69) is 17.4 Å². The molecule has 0 unspecified atom stereocenters. The number of rotatable bonds is 4. The molecular formula is C19H19N3O3S. The topological polar surface area (TPSA) is 78.5 Å². The molecule has 0 saturated carbocycles. The molecule has 6 nitrogen and oxygen atoms in total. The molecule has 0 atom stereocenters. The molecule has 134 valence electrons. The highest BCUT2D eigenvalue weighted by atomic mass is 32.1. The first-order valence-electron chi connectivity index (χ1n) is 8.27. The summed E-state index contributed by atoms with van der Waals surface area (Å²) in [6, 6.07) is 8.91. The minimum atomic E-state index is -0.389.